The van der Waals surface area contributed by atoms with Crippen LogP contribution in [0.25, 0.3) is 6.08 Å². The number of carbonyl (C=O) groups excluding carboxylic acids is 1. The maximum atomic E-state index is 12.3. The van der Waals surface area contributed by atoms with E-state index in [4.69, 9.17) is 0 Å². The molecule has 5 heteroatoms. The molecular weight excluding hydrogens is 286 g/mol. The third-order valence-electron chi connectivity index (χ3n) is 2.91. The Hall–Kier alpha value is -2.24. The fraction of sp³-hybridized carbons (Fsp3) is 0.0625. The Labute approximate surface area is 124 Å². The summed E-state index contributed by atoms with van der Waals surface area (Å²) in [6, 6.07) is 15.8. The van der Waals surface area contributed by atoms with Crippen molar-refractivity contribution in [2.75, 3.05) is 7.05 Å². The minimum Gasteiger partial charge on any atom is -0.289 e. The highest BCUT2D eigenvalue weighted by Gasteiger charge is 2.08. The predicted molar refractivity (Wildman–Crippen MR) is 83.3 cm³/mol. The summed E-state index contributed by atoms with van der Waals surface area (Å²) in [6.07, 6.45) is 1.45. The molecule has 0 fully saturated rings. The van der Waals surface area contributed by atoms with Crippen LogP contribution >= 0.6 is 0 Å². The monoisotopic (exact) mass is 301 g/mol. The third-order valence-corrected chi connectivity index (χ3v) is 3.97. The molecule has 0 bridgehead atoms. The van der Waals surface area contributed by atoms with Crippen LogP contribution in [0.4, 0.5) is 0 Å². The number of rotatable bonds is 5. The van der Waals surface area contributed by atoms with E-state index in [9.17, 15) is 13.2 Å². The summed E-state index contributed by atoms with van der Waals surface area (Å²) in [5.74, 6) is -0.0951. The van der Waals surface area contributed by atoms with Gasteiger partial charge in [-0.1, -0.05) is 48.5 Å². The molecule has 0 heterocycles. The Kier molecular flexibility index (Phi) is 4.67. The van der Waals surface area contributed by atoms with Gasteiger partial charge in [0, 0.05) is 16.5 Å². The zero-order chi connectivity index (χ0) is 15.3. The lowest BCUT2D eigenvalue weighted by Crippen LogP contribution is -2.14. The van der Waals surface area contributed by atoms with E-state index >= 15 is 0 Å². The Morgan fingerprint density at radius 2 is 1.67 bits per heavy atom. The van der Waals surface area contributed by atoms with Gasteiger partial charge in [-0.15, -0.1) is 0 Å². The molecule has 0 aliphatic heterocycles. The van der Waals surface area contributed by atoms with Gasteiger partial charge in [0.05, 0.1) is 0 Å². The molecule has 0 amide bonds. The van der Waals surface area contributed by atoms with Gasteiger partial charge in [0.25, 0.3) is 0 Å². The lowest BCUT2D eigenvalue weighted by atomic mass is 10.0. The Balaban J connectivity index is 2.28. The second-order valence-electron chi connectivity index (χ2n) is 4.37. The average molecular weight is 301 g/mol. The van der Waals surface area contributed by atoms with Gasteiger partial charge in [-0.05, 0) is 24.8 Å². The van der Waals surface area contributed by atoms with Crippen LogP contribution < -0.4 is 4.72 Å². The summed E-state index contributed by atoms with van der Waals surface area (Å²) < 4.78 is 24.9. The molecule has 21 heavy (non-hydrogen) atoms. The minimum atomic E-state index is -3.42. The average Bonchev–Trinajstić information content (AvgIpc) is 2.53. The van der Waals surface area contributed by atoms with Crippen molar-refractivity contribution in [3.05, 3.63) is 76.7 Å². The molecule has 2 aromatic rings. The van der Waals surface area contributed by atoms with Crippen LogP contribution in [0.5, 0.6) is 0 Å². The minimum absolute atomic E-state index is 0.0951. The van der Waals surface area contributed by atoms with Crippen molar-refractivity contribution in [2.45, 2.75) is 0 Å². The summed E-state index contributed by atoms with van der Waals surface area (Å²) in [5, 5.41) is 1.07. The van der Waals surface area contributed by atoms with Crippen LogP contribution in [0.3, 0.4) is 0 Å². The van der Waals surface area contributed by atoms with Crippen LogP contribution in [0, 0.1) is 0 Å². The van der Waals surface area contributed by atoms with Crippen molar-refractivity contribution >= 4 is 21.9 Å². The maximum Gasteiger partial charge on any atom is 0.233 e. The Morgan fingerprint density at radius 1 is 1.00 bits per heavy atom. The molecule has 4 nitrogen and oxygen atoms in total. The topological polar surface area (TPSA) is 63.2 Å². The molecule has 108 valence electrons. The molecule has 0 saturated carbocycles. The second-order valence-corrected chi connectivity index (χ2v) is 6.14. The number of benzene rings is 2. The summed E-state index contributed by atoms with van der Waals surface area (Å²) in [4.78, 5) is 12.3. The first-order valence-corrected chi connectivity index (χ1v) is 7.88. The molecule has 0 atom stereocenters. The molecule has 0 aromatic heterocycles. The predicted octanol–water partition coefficient (Wildman–Crippen LogP) is 2.44. The van der Waals surface area contributed by atoms with E-state index in [-0.39, 0.29) is 5.78 Å². The van der Waals surface area contributed by atoms with Crippen LogP contribution in [0.2, 0.25) is 0 Å². The van der Waals surface area contributed by atoms with Crippen molar-refractivity contribution in [3.63, 3.8) is 0 Å². The van der Waals surface area contributed by atoms with Gasteiger partial charge in [0.1, 0.15) is 0 Å². The highest BCUT2D eigenvalue weighted by molar-refractivity contribution is 7.92. The Bertz CT molecular complexity index is 765. The second kappa shape index (κ2) is 6.47. The molecule has 0 saturated heterocycles. The summed E-state index contributed by atoms with van der Waals surface area (Å²) in [6.45, 7) is 0. The number of hydrogen-bond acceptors (Lipinski definition) is 3. The quantitative estimate of drug-likeness (QED) is 0.863. The Morgan fingerprint density at radius 3 is 2.33 bits per heavy atom. The van der Waals surface area contributed by atoms with Crippen LogP contribution in [0.1, 0.15) is 21.5 Å². The number of nitrogens with one attached hydrogen (secondary N) is 1. The lowest BCUT2D eigenvalue weighted by molar-refractivity contribution is 0.103. The van der Waals surface area contributed by atoms with Crippen LogP contribution in [-0.4, -0.2) is 21.2 Å². The summed E-state index contributed by atoms with van der Waals surface area (Å²) in [7, 11) is -2.08. The van der Waals surface area contributed by atoms with E-state index < -0.39 is 10.0 Å². The first-order chi connectivity index (χ1) is 10.0. The van der Waals surface area contributed by atoms with Gasteiger partial charge in [0.15, 0.2) is 5.78 Å². The van der Waals surface area contributed by atoms with Gasteiger partial charge in [0.2, 0.25) is 10.0 Å². The number of carbonyl (C=O) groups is 1. The highest BCUT2D eigenvalue weighted by atomic mass is 32.2. The van der Waals surface area contributed by atoms with Gasteiger partial charge >= 0.3 is 0 Å². The normalized spacial score (nSPS) is 11.7. The first-order valence-electron chi connectivity index (χ1n) is 6.33. The highest BCUT2D eigenvalue weighted by Crippen LogP contribution is 2.13. The van der Waals surface area contributed by atoms with E-state index in [1.54, 1.807) is 48.5 Å². The fourth-order valence-corrected chi connectivity index (χ4v) is 2.25. The third kappa shape index (κ3) is 4.11. The number of hydrogen-bond donors (Lipinski definition) is 1. The smallest absolute Gasteiger partial charge is 0.233 e. The molecule has 2 aromatic carbocycles. The lowest BCUT2D eigenvalue weighted by Gasteiger charge is -2.02. The van der Waals surface area contributed by atoms with Crippen LogP contribution in [-0.2, 0) is 10.0 Å². The van der Waals surface area contributed by atoms with E-state index in [1.807, 2.05) is 6.07 Å². The fourth-order valence-electron chi connectivity index (χ4n) is 1.78. The largest absolute Gasteiger partial charge is 0.289 e. The van der Waals surface area contributed by atoms with Crippen molar-refractivity contribution in [3.8, 4) is 0 Å². The molecule has 0 aliphatic rings. The molecule has 0 spiro atoms. The van der Waals surface area contributed by atoms with E-state index in [0.29, 0.717) is 16.7 Å². The molecule has 0 radical (unpaired) electrons. The summed E-state index contributed by atoms with van der Waals surface area (Å²) in [5.41, 5.74) is 1.77. The molecular formula is C16H15NO3S. The SMILES string of the molecule is CNS(=O)(=O)C=Cc1cccc(C(=O)c2ccccc2)c1. The van der Waals surface area contributed by atoms with Crippen molar-refractivity contribution in [1.29, 1.82) is 0 Å². The van der Waals surface area contributed by atoms with Crippen molar-refractivity contribution < 1.29 is 13.2 Å². The number of sulfonamides is 1. The maximum absolute atomic E-state index is 12.3. The molecule has 1 N–H and O–H groups in total. The zero-order valence-electron chi connectivity index (χ0n) is 11.5. The van der Waals surface area contributed by atoms with Gasteiger partial charge < -0.3 is 0 Å². The van der Waals surface area contributed by atoms with Crippen LogP contribution in [0.15, 0.2) is 60.0 Å². The van der Waals surface area contributed by atoms with E-state index in [2.05, 4.69) is 4.72 Å². The zero-order valence-corrected chi connectivity index (χ0v) is 12.3. The van der Waals surface area contributed by atoms with Gasteiger partial charge in [-0.2, -0.15) is 0 Å². The summed E-state index contributed by atoms with van der Waals surface area (Å²) >= 11 is 0. The van der Waals surface area contributed by atoms with Gasteiger partial charge in [-0.25, -0.2) is 13.1 Å². The molecule has 2 rings (SSSR count). The first kappa shape index (κ1) is 15.2. The van der Waals surface area contributed by atoms with Gasteiger partial charge in [-0.3, -0.25) is 4.79 Å². The number of ketones is 1. The van der Waals surface area contributed by atoms with Crippen molar-refractivity contribution in [1.82, 2.24) is 4.72 Å². The van der Waals surface area contributed by atoms with E-state index in [0.717, 1.165) is 5.41 Å². The standard InChI is InChI=1S/C16H15NO3S/c1-17-21(19,20)11-10-13-6-5-9-15(12-13)16(18)14-7-3-2-4-8-14/h2-12,17H,1H3. The van der Waals surface area contributed by atoms with Crippen molar-refractivity contribution in [2.24, 2.45) is 0 Å². The molecule has 0 aliphatic carbocycles. The molecule has 0 unspecified atom stereocenters. The van der Waals surface area contributed by atoms with E-state index in [1.165, 1.54) is 13.1 Å².